The molecule has 144 valence electrons. The Balaban J connectivity index is 1.17. The number of benzene rings is 2. The lowest BCUT2D eigenvalue weighted by Crippen LogP contribution is -3.28. The highest BCUT2D eigenvalue weighted by Crippen LogP contribution is 2.32. The Morgan fingerprint density at radius 1 is 0.821 bits per heavy atom. The molecular formula is C21H23N3O4+2. The summed E-state index contributed by atoms with van der Waals surface area (Å²) in [7, 11) is 0. The molecule has 2 N–H and O–H groups in total. The number of nitrogens with one attached hydrogen (secondary N) is 2. The van der Waals surface area contributed by atoms with Crippen LogP contribution in [0.1, 0.15) is 26.3 Å². The number of nitrogens with zero attached hydrogens (tertiary/aromatic N) is 1. The molecule has 3 aliphatic heterocycles. The predicted octanol–water partition coefficient (Wildman–Crippen LogP) is -1.05. The van der Waals surface area contributed by atoms with E-state index in [-0.39, 0.29) is 11.8 Å². The summed E-state index contributed by atoms with van der Waals surface area (Å²) in [6, 6.07) is 13.2. The minimum atomic E-state index is -0.164. The lowest BCUT2D eigenvalue weighted by atomic mass is 10.1. The van der Waals surface area contributed by atoms with E-state index in [2.05, 4.69) is 12.1 Å². The van der Waals surface area contributed by atoms with Crippen LogP contribution in [0.15, 0.2) is 42.5 Å². The smallest absolute Gasteiger partial charge is 0.265 e. The Labute approximate surface area is 163 Å². The van der Waals surface area contributed by atoms with Crippen LogP contribution in [0.2, 0.25) is 0 Å². The molecule has 2 aromatic rings. The maximum absolute atomic E-state index is 12.5. The molecule has 0 radical (unpaired) electrons. The van der Waals surface area contributed by atoms with Gasteiger partial charge in [0.15, 0.2) is 18.2 Å². The second-order valence-electron chi connectivity index (χ2n) is 7.61. The molecule has 0 bridgehead atoms. The molecule has 0 spiro atoms. The first kappa shape index (κ1) is 17.2. The summed E-state index contributed by atoms with van der Waals surface area (Å²) >= 11 is 0. The van der Waals surface area contributed by atoms with E-state index in [4.69, 9.17) is 9.47 Å². The number of quaternary nitrogens is 2. The van der Waals surface area contributed by atoms with Crippen LogP contribution in [0.5, 0.6) is 11.5 Å². The maximum atomic E-state index is 12.5. The zero-order valence-corrected chi connectivity index (χ0v) is 15.6. The SMILES string of the molecule is O=C1c2ccccc2C(=O)N1C[NH+]1CC[NH+](Cc2ccc3c(c2)OCO3)CC1. The van der Waals surface area contributed by atoms with Crippen LogP contribution in [-0.2, 0) is 6.54 Å². The molecule has 2 amide bonds. The van der Waals surface area contributed by atoms with Crippen molar-refractivity contribution in [1.29, 1.82) is 0 Å². The summed E-state index contributed by atoms with van der Waals surface area (Å²) in [5.74, 6) is 1.31. The van der Waals surface area contributed by atoms with E-state index in [0.717, 1.165) is 44.2 Å². The molecule has 0 atom stereocenters. The number of amides is 2. The average molecular weight is 381 g/mol. The number of ether oxygens (including phenoxy) is 2. The number of carbonyl (C=O) groups is 2. The highest BCUT2D eigenvalue weighted by atomic mass is 16.7. The van der Waals surface area contributed by atoms with Crippen LogP contribution in [0.3, 0.4) is 0 Å². The minimum absolute atomic E-state index is 0.164. The third kappa shape index (κ3) is 3.02. The number of imide groups is 1. The molecule has 3 aliphatic rings. The topological polar surface area (TPSA) is 64.7 Å². The molecular weight excluding hydrogens is 358 g/mol. The maximum Gasteiger partial charge on any atom is 0.265 e. The fraction of sp³-hybridized carbons (Fsp3) is 0.333. The van der Waals surface area contributed by atoms with Crippen molar-refractivity contribution < 1.29 is 28.9 Å². The zero-order chi connectivity index (χ0) is 19.1. The Hall–Kier alpha value is -2.90. The van der Waals surface area contributed by atoms with Gasteiger partial charge >= 0.3 is 0 Å². The number of fused-ring (bicyclic) bond motifs is 2. The molecule has 0 saturated carbocycles. The average Bonchev–Trinajstić information content (AvgIpc) is 3.28. The van der Waals surface area contributed by atoms with E-state index in [1.807, 2.05) is 6.07 Å². The van der Waals surface area contributed by atoms with Crippen LogP contribution in [0.25, 0.3) is 0 Å². The van der Waals surface area contributed by atoms with Gasteiger partial charge in [-0.1, -0.05) is 12.1 Å². The summed E-state index contributed by atoms with van der Waals surface area (Å²) in [6.07, 6.45) is 0. The van der Waals surface area contributed by atoms with Gasteiger partial charge in [0.05, 0.1) is 11.1 Å². The quantitative estimate of drug-likeness (QED) is 0.664. The molecule has 7 nitrogen and oxygen atoms in total. The Morgan fingerprint density at radius 2 is 1.46 bits per heavy atom. The van der Waals surface area contributed by atoms with E-state index >= 15 is 0 Å². The van der Waals surface area contributed by atoms with E-state index in [1.165, 1.54) is 20.3 Å². The summed E-state index contributed by atoms with van der Waals surface area (Å²) in [5, 5.41) is 0. The number of hydrogen-bond donors (Lipinski definition) is 2. The fourth-order valence-corrected chi connectivity index (χ4v) is 4.24. The van der Waals surface area contributed by atoms with Crippen LogP contribution >= 0.6 is 0 Å². The number of carbonyl (C=O) groups excluding carboxylic acids is 2. The van der Waals surface area contributed by atoms with Crippen molar-refractivity contribution in [3.05, 3.63) is 59.2 Å². The standard InChI is InChI=1S/C21H21N3O4/c25-20-16-3-1-2-4-17(16)21(26)24(20)13-23-9-7-22(8-10-23)12-15-5-6-18-19(11-15)28-14-27-18/h1-6,11H,7-10,12-14H2/p+2. The number of hydrogen-bond acceptors (Lipinski definition) is 4. The molecule has 3 heterocycles. The summed E-state index contributed by atoms with van der Waals surface area (Å²) in [5.41, 5.74) is 2.29. The van der Waals surface area contributed by atoms with Crippen molar-refractivity contribution in [1.82, 2.24) is 4.90 Å². The molecule has 7 heteroatoms. The van der Waals surface area contributed by atoms with Crippen molar-refractivity contribution in [3.8, 4) is 11.5 Å². The van der Waals surface area contributed by atoms with E-state index in [9.17, 15) is 9.59 Å². The van der Waals surface area contributed by atoms with Crippen molar-refractivity contribution in [2.75, 3.05) is 39.6 Å². The van der Waals surface area contributed by atoms with Crippen molar-refractivity contribution >= 4 is 11.8 Å². The molecule has 28 heavy (non-hydrogen) atoms. The molecule has 1 saturated heterocycles. The second-order valence-corrected chi connectivity index (χ2v) is 7.61. The van der Waals surface area contributed by atoms with Gasteiger partial charge in [-0.15, -0.1) is 0 Å². The van der Waals surface area contributed by atoms with E-state index in [0.29, 0.717) is 24.6 Å². The minimum Gasteiger partial charge on any atom is -0.454 e. The highest BCUT2D eigenvalue weighted by Gasteiger charge is 2.38. The number of piperazine rings is 1. The van der Waals surface area contributed by atoms with Crippen LogP contribution in [0.4, 0.5) is 0 Å². The third-order valence-corrected chi connectivity index (χ3v) is 5.82. The zero-order valence-electron chi connectivity index (χ0n) is 15.6. The lowest BCUT2D eigenvalue weighted by molar-refractivity contribution is -1.02. The second kappa shape index (κ2) is 6.92. The van der Waals surface area contributed by atoms with Gasteiger partial charge in [-0.3, -0.25) is 9.59 Å². The molecule has 5 rings (SSSR count). The first-order chi connectivity index (χ1) is 13.7. The molecule has 0 unspecified atom stereocenters. The first-order valence-electron chi connectivity index (χ1n) is 9.70. The van der Waals surface area contributed by atoms with Crippen molar-refractivity contribution in [2.45, 2.75) is 6.54 Å². The van der Waals surface area contributed by atoms with Crippen molar-refractivity contribution in [2.24, 2.45) is 0 Å². The van der Waals surface area contributed by atoms with Gasteiger partial charge in [0.25, 0.3) is 11.8 Å². The van der Waals surface area contributed by atoms with Crippen LogP contribution in [0, 0.1) is 0 Å². The normalized spacial score (nSPS) is 23.2. The van der Waals surface area contributed by atoms with Gasteiger partial charge in [0, 0.05) is 5.56 Å². The number of rotatable bonds is 4. The van der Waals surface area contributed by atoms with E-state index < -0.39 is 0 Å². The largest absolute Gasteiger partial charge is 0.454 e. The van der Waals surface area contributed by atoms with Gasteiger partial charge < -0.3 is 19.3 Å². The molecule has 0 aliphatic carbocycles. The molecule has 1 fully saturated rings. The summed E-state index contributed by atoms with van der Waals surface area (Å²) in [4.78, 5) is 29.3. The Kier molecular flexibility index (Phi) is 4.26. The van der Waals surface area contributed by atoms with Crippen molar-refractivity contribution in [3.63, 3.8) is 0 Å². The summed E-state index contributed by atoms with van der Waals surface area (Å²) < 4.78 is 10.8. The van der Waals surface area contributed by atoms with Gasteiger partial charge in [-0.2, -0.15) is 0 Å². The highest BCUT2D eigenvalue weighted by molar-refractivity contribution is 6.21. The first-order valence-corrected chi connectivity index (χ1v) is 9.70. The molecule has 0 aromatic heterocycles. The van der Waals surface area contributed by atoms with Gasteiger partial charge in [0.1, 0.15) is 32.7 Å². The van der Waals surface area contributed by atoms with E-state index in [1.54, 1.807) is 24.3 Å². The predicted molar refractivity (Wildman–Crippen MR) is 99.5 cm³/mol. The monoisotopic (exact) mass is 381 g/mol. The Bertz CT molecular complexity index is 902. The lowest BCUT2D eigenvalue weighted by Gasteiger charge is -2.31. The van der Waals surface area contributed by atoms with Crippen LogP contribution < -0.4 is 19.3 Å². The van der Waals surface area contributed by atoms with Gasteiger partial charge in [-0.25, -0.2) is 4.90 Å². The fourth-order valence-electron chi connectivity index (χ4n) is 4.24. The molecule has 2 aromatic carbocycles. The van der Waals surface area contributed by atoms with Crippen LogP contribution in [-0.4, -0.2) is 56.4 Å². The third-order valence-electron chi connectivity index (χ3n) is 5.82. The Morgan fingerprint density at radius 3 is 2.18 bits per heavy atom. The summed E-state index contributed by atoms with van der Waals surface area (Å²) in [6.45, 7) is 5.58. The van der Waals surface area contributed by atoms with Gasteiger partial charge in [0.2, 0.25) is 6.79 Å². The van der Waals surface area contributed by atoms with Gasteiger partial charge in [-0.05, 0) is 30.3 Å².